The quantitative estimate of drug-likeness (QED) is 0.592. The number of nitrogens with zero attached hydrogens (tertiary/aromatic N) is 2. The number of hydrogen-bond acceptors (Lipinski definition) is 3. The maximum absolute atomic E-state index is 12.9. The summed E-state index contributed by atoms with van der Waals surface area (Å²) in [5, 5.41) is 2.92. The van der Waals surface area contributed by atoms with Crippen LogP contribution in [0.5, 0.6) is 0 Å². The van der Waals surface area contributed by atoms with Crippen molar-refractivity contribution in [2.24, 2.45) is 0 Å². The van der Waals surface area contributed by atoms with Gasteiger partial charge in [-0.1, -0.05) is 48.5 Å². The normalized spacial score (nSPS) is 10.4. The molecule has 3 aromatic rings. The lowest BCUT2D eigenvalue weighted by Crippen LogP contribution is -2.32. The Morgan fingerprint density at radius 2 is 1.66 bits per heavy atom. The molecule has 1 heterocycles. The molecule has 0 aliphatic heterocycles. The van der Waals surface area contributed by atoms with Crippen LogP contribution in [0.2, 0.25) is 0 Å². The standard InChI is InChI=1S/C24H25N3O2/c1-2-27(21-13-7-4-8-14-21)24(29)22-18-20(15-17-25-22)23(28)26-16-9-12-19-10-5-3-6-11-19/h3-8,10-11,13-15,17-18H,2,9,12,16H2,1H3,(H,26,28). The van der Waals surface area contributed by atoms with Crippen molar-refractivity contribution in [3.63, 3.8) is 0 Å². The Morgan fingerprint density at radius 3 is 2.34 bits per heavy atom. The first-order valence-corrected chi connectivity index (χ1v) is 9.84. The highest BCUT2D eigenvalue weighted by Gasteiger charge is 2.18. The van der Waals surface area contributed by atoms with Gasteiger partial charge in [-0.15, -0.1) is 0 Å². The fourth-order valence-electron chi connectivity index (χ4n) is 3.12. The highest BCUT2D eigenvalue weighted by Crippen LogP contribution is 2.16. The summed E-state index contributed by atoms with van der Waals surface area (Å²) in [6, 6.07) is 22.8. The van der Waals surface area contributed by atoms with Crippen LogP contribution in [0, 0.1) is 0 Å². The number of amides is 2. The van der Waals surface area contributed by atoms with E-state index in [4.69, 9.17) is 0 Å². The average molecular weight is 387 g/mol. The summed E-state index contributed by atoms with van der Waals surface area (Å²) in [7, 11) is 0. The maximum Gasteiger partial charge on any atom is 0.276 e. The van der Waals surface area contributed by atoms with Crippen LogP contribution < -0.4 is 10.2 Å². The van der Waals surface area contributed by atoms with Crippen molar-refractivity contribution in [3.05, 3.63) is 95.8 Å². The van der Waals surface area contributed by atoms with E-state index < -0.39 is 0 Å². The van der Waals surface area contributed by atoms with Gasteiger partial charge in [0, 0.05) is 30.5 Å². The molecule has 0 radical (unpaired) electrons. The Balaban J connectivity index is 1.60. The second-order valence-electron chi connectivity index (χ2n) is 6.66. The molecule has 0 spiro atoms. The minimum Gasteiger partial charge on any atom is -0.352 e. The van der Waals surface area contributed by atoms with Gasteiger partial charge >= 0.3 is 0 Å². The SMILES string of the molecule is CCN(C(=O)c1cc(C(=O)NCCCc2ccccc2)ccn1)c1ccccc1. The van der Waals surface area contributed by atoms with E-state index in [1.165, 1.54) is 11.8 Å². The second-order valence-corrected chi connectivity index (χ2v) is 6.66. The predicted molar refractivity (Wildman–Crippen MR) is 115 cm³/mol. The van der Waals surface area contributed by atoms with Gasteiger partial charge in [0.2, 0.25) is 0 Å². The van der Waals surface area contributed by atoms with Crippen LogP contribution >= 0.6 is 0 Å². The minimum absolute atomic E-state index is 0.197. The van der Waals surface area contributed by atoms with E-state index in [2.05, 4.69) is 22.4 Å². The number of rotatable bonds is 8. The lowest BCUT2D eigenvalue weighted by molar-refractivity contribution is 0.0953. The van der Waals surface area contributed by atoms with Crippen molar-refractivity contribution in [1.29, 1.82) is 0 Å². The van der Waals surface area contributed by atoms with Crippen LogP contribution in [0.4, 0.5) is 5.69 Å². The topological polar surface area (TPSA) is 62.3 Å². The van der Waals surface area contributed by atoms with Crippen molar-refractivity contribution < 1.29 is 9.59 Å². The maximum atomic E-state index is 12.9. The fraction of sp³-hybridized carbons (Fsp3) is 0.208. The van der Waals surface area contributed by atoms with Crippen LogP contribution in [0.15, 0.2) is 79.0 Å². The van der Waals surface area contributed by atoms with Gasteiger partial charge < -0.3 is 10.2 Å². The van der Waals surface area contributed by atoms with Gasteiger partial charge in [0.15, 0.2) is 0 Å². The van der Waals surface area contributed by atoms with Gasteiger partial charge in [0.05, 0.1) is 0 Å². The third-order valence-corrected chi connectivity index (χ3v) is 4.64. The third kappa shape index (κ3) is 5.51. The summed E-state index contributed by atoms with van der Waals surface area (Å²) in [5.41, 5.74) is 2.75. The van der Waals surface area contributed by atoms with Crippen molar-refractivity contribution in [3.8, 4) is 0 Å². The molecule has 1 aromatic heterocycles. The first-order valence-electron chi connectivity index (χ1n) is 9.84. The number of para-hydroxylation sites is 1. The van der Waals surface area contributed by atoms with E-state index in [9.17, 15) is 9.59 Å². The van der Waals surface area contributed by atoms with Gasteiger partial charge in [0.25, 0.3) is 11.8 Å². The molecular weight excluding hydrogens is 362 g/mol. The predicted octanol–water partition coefficient (Wildman–Crippen LogP) is 4.11. The van der Waals surface area contributed by atoms with Crippen LogP contribution in [-0.2, 0) is 6.42 Å². The molecule has 29 heavy (non-hydrogen) atoms. The fourth-order valence-corrected chi connectivity index (χ4v) is 3.12. The minimum atomic E-state index is -0.225. The molecular formula is C24H25N3O2. The smallest absolute Gasteiger partial charge is 0.276 e. The Hall–Kier alpha value is -3.47. The number of pyridine rings is 1. The van der Waals surface area contributed by atoms with Crippen LogP contribution in [-0.4, -0.2) is 29.9 Å². The highest BCUT2D eigenvalue weighted by atomic mass is 16.2. The number of aryl methyl sites for hydroxylation is 1. The Kier molecular flexibility index (Phi) is 7.11. The molecule has 0 bridgehead atoms. The van der Waals surface area contributed by atoms with E-state index >= 15 is 0 Å². The second kappa shape index (κ2) is 10.2. The van der Waals surface area contributed by atoms with Gasteiger partial charge in [0.1, 0.15) is 5.69 Å². The number of hydrogen-bond donors (Lipinski definition) is 1. The summed E-state index contributed by atoms with van der Waals surface area (Å²) in [4.78, 5) is 31.2. The molecule has 1 N–H and O–H groups in total. The van der Waals surface area contributed by atoms with E-state index in [0.717, 1.165) is 18.5 Å². The summed E-state index contributed by atoms with van der Waals surface area (Å²) in [6.45, 7) is 3.00. The Morgan fingerprint density at radius 1 is 0.966 bits per heavy atom. The summed E-state index contributed by atoms with van der Waals surface area (Å²) in [6.07, 6.45) is 3.26. The van der Waals surface area contributed by atoms with E-state index in [-0.39, 0.29) is 17.5 Å². The van der Waals surface area contributed by atoms with Crippen molar-refractivity contribution in [2.75, 3.05) is 18.0 Å². The zero-order valence-electron chi connectivity index (χ0n) is 16.5. The number of nitrogens with one attached hydrogen (secondary N) is 1. The summed E-state index contributed by atoms with van der Waals surface area (Å²) < 4.78 is 0. The Bertz CT molecular complexity index is 943. The molecule has 2 aromatic carbocycles. The molecule has 0 atom stereocenters. The molecule has 0 saturated carbocycles. The lowest BCUT2D eigenvalue weighted by atomic mass is 10.1. The van der Waals surface area contributed by atoms with Crippen LogP contribution in [0.3, 0.4) is 0 Å². The molecule has 3 rings (SSSR count). The van der Waals surface area contributed by atoms with Gasteiger partial charge in [-0.3, -0.25) is 14.6 Å². The molecule has 5 heteroatoms. The molecule has 0 aliphatic carbocycles. The van der Waals surface area contributed by atoms with Crippen LogP contribution in [0.25, 0.3) is 0 Å². The highest BCUT2D eigenvalue weighted by molar-refractivity contribution is 6.06. The number of benzene rings is 2. The van der Waals surface area contributed by atoms with Gasteiger partial charge in [-0.05, 0) is 49.6 Å². The third-order valence-electron chi connectivity index (χ3n) is 4.64. The first kappa shape index (κ1) is 20.3. The van der Waals surface area contributed by atoms with E-state index in [1.54, 1.807) is 17.0 Å². The number of aromatic nitrogens is 1. The molecule has 5 nitrogen and oxygen atoms in total. The summed E-state index contributed by atoms with van der Waals surface area (Å²) in [5.74, 6) is -0.422. The number of carbonyl (C=O) groups excluding carboxylic acids is 2. The molecule has 0 fully saturated rings. The zero-order valence-corrected chi connectivity index (χ0v) is 16.5. The van der Waals surface area contributed by atoms with Crippen LogP contribution in [0.1, 0.15) is 39.8 Å². The molecule has 0 unspecified atom stereocenters. The molecule has 0 saturated heterocycles. The van der Waals surface area contributed by atoms with Gasteiger partial charge in [-0.2, -0.15) is 0 Å². The van der Waals surface area contributed by atoms with Crippen molar-refractivity contribution in [1.82, 2.24) is 10.3 Å². The van der Waals surface area contributed by atoms with E-state index in [0.29, 0.717) is 18.7 Å². The summed E-state index contributed by atoms with van der Waals surface area (Å²) >= 11 is 0. The number of anilines is 1. The molecule has 148 valence electrons. The van der Waals surface area contributed by atoms with Crippen molar-refractivity contribution in [2.45, 2.75) is 19.8 Å². The average Bonchev–Trinajstić information content (AvgIpc) is 2.78. The lowest BCUT2D eigenvalue weighted by Gasteiger charge is -2.20. The van der Waals surface area contributed by atoms with E-state index in [1.807, 2.05) is 55.5 Å². The number of carbonyl (C=O) groups is 2. The molecule has 2 amide bonds. The largest absolute Gasteiger partial charge is 0.352 e. The molecule has 0 aliphatic rings. The van der Waals surface area contributed by atoms with Crippen molar-refractivity contribution >= 4 is 17.5 Å². The first-order chi connectivity index (χ1) is 14.2. The zero-order chi connectivity index (χ0) is 20.5. The Labute approximate surface area is 171 Å². The van der Waals surface area contributed by atoms with Gasteiger partial charge in [-0.25, -0.2) is 0 Å². The monoisotopic (exact) mass is 387 g/mol.